The number of nitrogens with one attached hydrogen (secondary N) is 1. The van der Waals surface area contributed by atoms with Crippen molar-refractivity contribution in [2.24, 2.45) is 5.92 Å². The van der Waals surface area contributed by atoms with E-state index in [2.05, 4.69) is 5.32 Å². The number of hydrogen-bond acceptors (Lipinski definition) is 4. The lowest BCUT2D eigenvalue weighted by atomic mass is 9.90. The van der Waals surface area contributed by atoms with Gasteiger partial charge in [-0.2, -0.15) is 0 Å². The summed E-state index contributed by atoms with van der Waals surface area (Å²) in [6.45, 7) is -0.320. The number of hydrogen-bond donors (Lipinski definition) is 3. The van der Waals surface area contributed by atoms with Gasteiger partial charge < -0.3 is 15.1 Å². The summed E-state index contributed by atoms with van der Waals surface area (Å²) in [5, 5.41) is 22.0. The Morgan fingerprint density at radius 2 is 1.76 bits per heavy atom. The van der Waals surface area contributed by atoms with Crippen LogP contribution in [0.4, 0.5) is 0 Å². The summed E-state index contributed by atoms with van der Waals surface area (Å²) in [4.78, 5) is 37.9. The molecule has 3 N–H and O–H groups in total. The molecule has 2 unspecified atom stereocenters. The predicted octanol–water partition coefficient (Wildman–Crippen LogP) is 2.30. The minimum atomic E-state index is -1.03. The van der Waals surface area contributed by atoms with Crippen LogP contribution in [-0.4, -0.2) is 57.6 Å². The van der Waals surface area contributed by atoms with Crippen molar-refractivity contribution in [2.75, 3.05) is 6.54 Å². The number of nitrogens with zero attached hydrogens (tertiary/aromatic N) is 1. The van der Waals surface area contributed by atoms with Gasteiger partial charge in [-0.05, 0) is 50.0 Å². The van der Waals surface area contributed by atoms with Crippen molar-refractivity contribution >= 4 is 17.8 Å². The van der Waals surface area contributed by atoms with Crippen molar-refractivity contribution in [3.63, 3.8) is 0 Å². The Labute approximate surface area is 171 Å². The first kappa shape index (κ1) is 21.3. The minimum absolute atomic E-state index is 0.0456. The van der Waals surface area contributed by atoms with Gasteiger partial charge >= 0.3 is 11.9 Å². The largest absolute Gasteiger partial charge is 0.480 e. The molecular formula is C22H30N2O5. The maximum Gasteiger partial charge on any atom is 0.323 e. The molecule has 7 heteroatoms. The quantitative estimate of drug-likeness (QED) is 0.616. The standard InChI is InChI=1S/C22H30N2O5/c25-20(26)14-24-19-11-5-9-16(19)8-4-10-17(21(24)27)23-18(22(28)29)13-12-15-6-2-1-3-7-15/h1-3,6-7,16-19,23H,4-5,8-14H2,(H,25,26)(H,28,29)/t16?,17-,18-,19?/m0/s1. The van der Waals surface area contributed by atoms with Crippen molar-refractivity contribution in [3.05, 3.63) is 35.9 Å². The zero-order chi connectivity index (χ0) is 20.8. The van der Waals surface area contributed by atoms with E-state index < -0.39 is 24.0 Å². The topological polar surface area (TPSA) is 107 Å². The van der Waals surface area contributed by atoms with Crippen LogP contribution in [0, 0.1) is 5.92 Å². The fourth-order valence-electron chi connectivity index (χ4n) is 4.81. The lowest BCUT2D eigenvalue weighted by Crippen LogP contribution is -2.57. The maximum atomic E-state index is 13.2. The molecule has 1 amide bonds. The number of carboxylic acid groups (broad SMARTS) is 2. The number of likely N-dealkylation sites (tertiary alicyclic amines) is 1. The van der Waals surface area contributed by atoms with Gasteiger partial charge in [-0.15, -0.1) is 0 Å². The number of rotatable bonds is 8. The number of carboxylic acids is 2. The molecule has 1 aromatic carbocycles. The van der Waals surface area contributed by atoms with Crippen molar-refractivity contribution in [2.45, 2.75) is 69.5 Å². The minimum Gasteiger partial charge on any atom is -0.480 e. The first-order chi connectivity index (χ1) is 14.0. The van der Waals surface area contributed by atoms with E-state index >= 15 is 0 Å². The molecule has 1 aliphatic heterocycles. The van der Waals surface area contributed by atoms with Gasteiger partial charge in [-0.1, -0.05) is 43.2 Å². The van der Waals surface area contributed by atoms with Crippen molar-refractivity contribution < 1.29 is 24.6 Å². The van der Waals surface area contributed by atoms with Crippen LogP contribution in [-0.2, 0) is 20.8 Å². The number of fused-ring (bicyclic) bond motifs is 1. The Hall–Kier alpha value is -2.41. The Morgan fingerprint density at radius 1 is 1.07 bits per heavy atom. The lowest BCUT2D eigenvalue weighted by Gasteiger charge is -2.38. The van der Waals surface area contributed by atoms with Crippen LogP contribution in [0.25, 0.3) is 0 Å². The Bertz CT molecular complexity index is 723. The molecule has 4 atom stereocenters. The third-order valence-corrected chi connectivity index (χ3v) is 6.24. The number of carbonyl (C=O) groups is 3. The summed E-state index contributed by atoms with van der Waals surface area (Å²) in [6.07, 6.45) is 6.15. The number of aliphatic carboxylic acids is 2. The molecule has 0 radical (unpaired) electrons. The van der Waals surface area contributed by atoms with E-state index in [-0.39, 0.29) is 18.5 Å². The van der Waals surface area contributed by atoms with Gasteiger partial charge in [0.05, 0.1) is 6.04 Å². The average Bonchev–Trinajstić information content (AvgIpc) is 3.14. The Kier molecular flexibility index (Phi) is 7.25. The molecule has 1 aromatic rings. The van der Waals surface area contributed by atoms with Crippen LogP contribution in [0.15, 0.2) is 30.3 Å². The molecule has 29 heavy (non-hydrogen) atoms. The van der Waals surface area contributed by atoms with E-state index in [0.717, 1.165) is 37.7 Å². The number of amides is 1. The summed E-state index contributed by atoms with van der Waals surface area (Å²) in [5.41, 5.74) is 1.05. The first-order valence-electron chi connectivity index (χ1n) is 10.5. The third-order valence-electron chi connectivity index (χ3n) is 6.24. The summed E-state index contributed by atoms with van der Waals surface area (Å²) in [7, 11) is 0. The van der Waals surface area contributed by atoms with Crippen LogP contribution in [0.1, 0.15) is 50.5 Å². The normalized spacial score (nSPS) is 25.7. The van der Waals surface area contributed by atoms with Gasteiger partial charge in [0.25, 0.3) is 0 Å². The monoisotopic (exact) mass is 402 g/mol. The van der Waals surface area contributed by atoms with E-state index in [1.54, 1.807) is 0 Å². The van der Waals surface area contributed by atoms with E-state index in [9.17, 15) is 24.6 Å². The molecule has 1 saturated heterocycles. The highest BCUT2D eigenvalue weighted by Crippen LogP contribution is 2.35. The smallest absolute Gasteiger partial charge is 0.323 e. The van der Waals surface area contributed by atoms with Crippen LogP contribution >= 0.6 is 0 Å². The van der Waals surface area contributed by atoms with E-state index in [0.29, 0.717) is 25.2 Å². The fraction of sp³-hybridized carbons (Fsp3) is 0.591. The van der Waals surface area contributed by atoms with Gasteiger partial charge in [-0.25, -0.2) is 0 Å². The third kappa shape index (κ3) is 5.56. The number of carbonyl (C=O) groups excluding carboxylic acids is 1. The van der Waals surface area contributed by atoms with E-state index in [1.165, 1.54) is 4.90 Å². The highest BCUT2D eigenvalue weighted by atomic mass is 16.4. The van der Waals surface area contributed by atoms with Crippen molar-refractivity contribution in [1.82, 2.24) is 10.2 Å². The van der Waals surface area contributed by atoms with Gasteiger partial charge in [0.1, 0.15) is 12.6 Å². The molecule has 1 saturated carbocycles. The molecular weight excluding hydrogens is 372 g/mol. The second-order valence-corrected chi connectivity index (χ2v) is 8.18. The maximum absolute atomic E-state index is 13.2. The molecule has 0 bridgehead atoms. The van der Waals surface area contributed by atoms with E-state index in [1.807, 2.05) is 30.3 Å². The molecule has 1 aliphatic carbocycles. The van der Waals surface area contributed by atoms with Gasteiger partial charge in [0, 0.05) is 6.04 Å². The van der Waals surface area contributed by atoms with Crippen LogP contribution in [0.3, 0.4) is 0 Å². The second kappa shape index (κ2) is 9.87. The average molecular weight is 402 g/mol. The summed E-state index contributed by atoms with van der Waals surface area (Å²) >= 11 is 0. The van der Waals surface area contributed by atoms with E-state index in [4.69, 9.17) is 0 Å². The second-order valence-electron chi connectivity index (χ2n) is 8.18. The zero-order valence-electron chi connectivity index (χ0n) is 16.6. The van der Waals surface area contributed by atoms with Crippen LogP contribution in [0.2, 0.25) is 0 Å². The molecule has 2 fully saturated rings. The molecule has 0 aromatic heterocycles. The molecule has 7 nitrogen and oxygen atoms in total. The van der Waals surface area contributed by atoms with Gasteiger partial charge in [-0.3, -0.25) is 19.7 Å². The fourth-order valence-corrected chi connectivity index (χ4v) is 4.81. The Balaban J connectivity index is 1.71. The predicted molar refractivity (Wildman–Crippen MR) is 107 cm³/mol. The Morgan fingerprint density at radius 3 is 2.41 bits per heavy atom. The number of benzene rings is 1. The first-order valence-corrected chi connectivity index (χ1v) is 10.5. The molecule has 1 heterocycles. The molecule has 2 aliphatic rings. The van der Waals surface area contributed by atoms with Crippen molar-refractivity contribution in [1.29, 1.82) is 0 Å². The SMILES string of the molecule is O=C(O)CN1C(=O)[C@@H](N[C@@H](CCc2ccccc2)C(=O)O)CCCC2CCCC21. The highest BCUT2D eigenvalue weighted by Gasteiger charge is 2.40. The van der Waals surface area contributed by atoms with Gasteiger partial charge in [0.2, 0.25) is 5.91 Å². The molecule has 158 valence electrons. The zero-order valence-corrected chi connectivity index (χ0v) is 16.6. The van der Waals surface area contributed by atoms with Crippen LogP contribution in [0.5, 0.6) is 0 Å². The molecule has 0 spiro atoms. The van der Waals surface area contributed by atoms with Gasteiger partial charge in [0.15, 0.2) is 0 Å². The van der Waals surface area contributed by atoms with Crippen LogP contribution < -0.4 is 5.32 Å². The lowest BCUT2D eigenvalue weighted by molar-refractivity contribution is -0.149. The molecule has 3 rings (SSSR count). The summed E-state index contributed by atoms with van der Waals surface area (Å²) < 4.78 is 0. The number of aryl methyl sites for hydroxylation is 1. The highest BCUT2D eigenvalue weighted by molar-refractivity contribution is 5.86. The van der Waals surface area contributed by atoms with Crippen molar-refractivity contribution in [3.8, 4) is 0 Å². The summed E-state index contributed by atoms with van der Waals surface area (Å²) in [5.74, 6) is -1.93. The summed E-state index contributed by atoms with van der Waals surface area (Å²) in [6, 6.07) is 8.09.